The van der Waals surface area contributed by atoms with Crippen molar-refractivity contribution in [3.63, 3.8) is 0 Å². The lowest BCUT2D eigenvalue weighted by molar-refractivity contribution is -0.139. The van der Waals surface area contributed by atoms with Crippen molar-refractivity contribution in [1.29, 1.82) is 0 Å². The van der Waals surface area contributed by atoms with Gasteiger partial charge in [-0.15, -0.1) is 0 Å². The second-order valence-electron chi connectivity index (χ2n) is 8.01. The molecule has 4 nitrogen and oxygen atoms in total. The Morgan fingerprint density at radius 2 is 1.80 bits per heavy atom. The maximum atomic E-state index is 13.0. The maximum absolute atomic E-state index is 13.0. The number of ether oxygens (including phenoxy) is 1. The van der Waals surface area contributed by atoms with E-state index >= 15 is 0 Å². The molecule has 1 aliphatic heterocycles. The molecule has 0 aromatic rings. The normalized spacial score (nSPS) is 23.8. The first kappa shape index (κ1) is 22.1. The highest BCUT2D eigenvalue weighted by molar-refractivity contribution is 5.79. The number of hydrogen-bond acceptors (Lipinski definition) is 3. The average Bonchev–Trinajstić information content (AvgIpc) is 3.08. The van der Waals surface area contributed by atoms with E-state index in [0.29, 0.717) is 24.2 Å². The van der Waals surface area contributed by atoms with E-state index in [2.05, 4.69) is 27.7 Å². The molecule has 0 bridgehead atoms. The summed E-state index contributed by atoms with van der Waals surface area (Å²) in [5, 5.41) is 0. The Hall–Kier alpha value is -0.900. The van der Waals surface area contributed by atoms with Crippen molar-refractivity contribution < 1.29 is 14.3 Å². The van der Waals surface area contributed by atoms with Crippen molar-refractivity contribution in [2.24, 2.45) is 23.7 Å². The fraction of sp³-hybridized carbons (Fsp3) is 0.905. The molecule has 0 radical (unpaired) electrons. The summed E-state index contributed by atoms with van der Waals surface area (Å²) in [5.74, 6) is 1.80. The molecule has 1 heterocycles. The minimum Gasteiger partial charge on any atom is -0.379 e. The summed E-state index contributed by atoms with van der Waals surface area (Å²) in [6.45, 7) is 13.3. The Morgan fingerprint density at radius 1 is 1.16 bits per heavy atom. The van der Waals surface area contributed by atoms with Crippen LogP contribution in [0.3, 0.4) is 0 Å². The summed E-state index contributed by atoms with van der Waals surface area (Å²) in [6.07, 6.45) is 4.53. The minimum absolute atomic E-state index is 0.0350. The van der Waals surface area contributed by atoms with Gasteiger partial charge >= 0.3 is 0 Å². The van der Waals surface area contributed by atoms with E-state index in [1.54, 1.807) is 14.0 Å². The van der Waals surface area contributed by atoms with Crippen LogP contribution in [-0.2, 0) is 14.3 Å². The number of methoxy groups -OCH3 is 1. The van der Waals surface area contributed by atoms with Crippen molar-refractivity contribution in [2.45, 2.75) is 85.8 Å². The first-order valence-electron chi connectivity index (χ1n) is 10.1. The van der Waals surface area contributed by atoms with E-state index in [1.165, 1.54) is 0 Å². The van der Waals surface area contributed by atoms with Crippen LogP contribution in [0.5, 0.6) is 0 Å². The summed E-state index contributed by atoms with van der Waals surface area (Å²) in [5.41, 5.74) is 0. The second-order valence-corrected chi connectivity index (χ2v) is 8.01. The average molecular weight is 354 g/mol. The molecule has 6 atom stereocenters. The van der Waals surface area contributed by atoms with Crippen LogP contribution in [0.1, 0.15) is 73.6 Å². The lowest BCUT2D eigenvalue weighted by Gasteiger charge is -2.35. The predicted molar refractivity (Wildman–Crippen MR) is 102 cm³/mol. The molecule has 0 N–H and O–H groups in total. The molecule has 1 fully saturated rings. The molecule has 0 aliphatic carbocycles. The van der Waals surface area contributed by atoms with Gasteiger partial charge in [0.15, 0.2) is 0 Å². The molecule has 1 amide bonds. The highest BCUT2D eigenvalue weighted by Gasteiger charge is 2.39. The third kappa shape index (κ3) is 5.54. The number of Topliss-reactive ketones (excluding diaryl/α,β-unsaturated/α-hetero) is 1. The largest absolute Gasteiger partial charge is 0.379 e. The second kappa shape index (κ2) is 10.3. The molecular formula is C21H39NO3. The molecule has 146 valence electrons. The van der Waals surface area contributed by atoms with Gasteiger partial charge in [0.2, 0.25) is 5.91 Å². The van der Waals surface area contributed by atoms with Crippen molar-refractivity contribution >= 4 is 11.7 Å². The summed E-state index contributed by atoms with van der Waals surface area (Å²) < 4.78 is 5.66. The Kier molecular flexibility index (Phi) is 9.12. The van der Waals surface area contributed by atoms with Gasteiger partial charge in [0.25, 0.3) is 0 Å². The van der Waals surface area contributed by atoms with Gasteiger partial charge in [-0.05, 0) is 37.5 Å². The standard InChI is InChI=1S/C21H39NO3/c1-8-14(3)15(4)18(9-2)13-20(24)22-12-10-11-19(22)21(25-7)16(5)17(6)23/h14-16,18-19,21H,8-13H2,1-7H3/t14-,15-,16-,18+,19-,21+/m0/s1. The number of amides is 1. The fourth-order valence-corrected chi connectivity index (χ4v) is 4.25. The Labute approximate surface area is 154 Å². The van der Waals surface area contributed by atoms with Crippen LogP contribution in [0.2, 0.25) is 0 Å². The van der Waals surface area contributed by atoms with Crippen LogP contribution in [-0.4, -0.2) is 42.4 Å². The van der Waals surface area contributed by atoms with Crippen molar-refractivity contribution in [2.75, 3.05) is 13.7 Å². The maximum Gasteiger partial charge on any atom is 0.223 e. The van der Waals surface area contributed by atoms with Gasteiger partial charge in [-0.2, -0.15) is 0 Å². The fourth-order valence-electron chi connectivity index (χ4n) is 4.25. The lowest BCUT2D eigenvalue weighted by atomic mass is 9.79. The first-order valence-corrected chi connectivity index (χ1v) is 10.1. The summed E-state index contributed by atoms with van der Waals surface area (Å²) >= 11 is 0. The Bertz CT molecular complexity index is 437. The highest BCUT2D eigenvalue weighted by atomic mass is 16.5. The van der Waals surface area contributed by atoms with Crippen molar-refractivity contribution in [1.82, 2.24) is 4.90 Å². The van der Waals surface area contributed by atoms with Gasteiger partial charge in [-0.3, -0.25) is 9.59 Å². The number of likely N-dealkylation sites (tertiary alicyclic amines) is 1. The predicted octanol–water partition coefficient (Wildman–Crippen LogP) is 4.32. The van der Waals surface area contributed by atoms with Crippen LogP contribution in [0.25, 0.3) is 0 Å². The molecule has 25 heavy (non-hydrogen) atoms. The Morgan fingerprint density at radius 3 is 2.28 bits per heavy atom. The van der Waals surface area contributed by atoms with E-state index in [1.807, 2.05) is 11.8 Å². The molecular weight excluding hydrogens is 314 g/mol. The van der Waals surface area contributed by atoms with Gasteiger partial charge in [-0.1, -0.05) is 47.5 Å². The number of rotatable bonds is 10. The van der Waals surface area contributed by atoms with Crippen LogP contribution in [0.15, 0.2) is 0 Å². The van der Waals surface area contributed by atoms with Crippen LogP contribution < -0.4 is 0 Å². The molecule has 0 aromatic carbocycles. The van der Waals surface area contributed by atoms with E-state index < -0.39 is 0 Å². The molecule has 4 heteroatoms. The number of nitrogens with zero attached hydrogens (tertiary/aromatic N) is 1. The van der Waals surface area contributed by atoms with Gasteiger partial charge < -0.3 is 9.64 Å². The van der Waals surface area contributed by atoms with Gasteiger partial charge in [0, 0.05) is 26.0 Å². The molecule has 1 saturated heterocycles. The smallest absolute Gasteiger partial charge is 0.223 e. The highest BCUT2D eigenvalue weighted by Crippen LogP contribution is 2.32. The number of carbonyl (C=O) groups excluding carboxylic acids is 2. The van der Waals surface area contributed by atoms with Crippen LogP contribution in [0.4, 0.5) is 0 Å². The minimum atomic E-state index is -0.198. The third-order valence-corrected chi connectivity index (χ3v) is 6.65. The molecule has 1 aliphatic rings. The number of hydrogen-bond donors (Lipinski definition) is 0. The van der Waals surface area contributed by atoms with Gasteiger partial charge in [-0.25, -0.2) is 0 Å². The molecule has 1 rings (SSSR count). The lowest BCUT2D eigenvalue weighted by Crippen LogP contribution is -2.48. The zero-order valence-electron chi connectivity index (χ0n) is 17.4. The molecule has 0 aromatic heterocycles. The van der Waals surface area contributed by atoms with Gasteiger partial charge in [0.1, 0.15) is 5.78 Å². The SMILES string of the molecule is CC[C@H](CC(=O)N1CCC[C@H]1[C@H](OC)[C@@H](C)C(C)=O)[C@@H](C)[C@@H](C)CC. The first-order chi connectivity index (χ1) is 11.8. The summed E-state index contributed by atoms with van der Waals surface area (Å²) in [4.78, 5) is 26.9. The zero-order chi connectivity index (χ0) is 19.1. The third-order valence-electron chi connectivity index (χ3n) is 6.65. The monoisotopic (exact) mass is 353 g/mol. The topological polar surface area (TPSA) is 46.6 Å². The number of carbonyl (C=O) groups is 2. The van der Waals surface area contributed by atoms with E-state index in [9.17, 15) is 9.59 Å². The van der Waals surface area contributed by atoms with Crippen LogP contribution in [0, 0.1) is 23.7 Å². The molecule has 0 unspecified atom stereocenters. The zero-order valence-corrected chi connectivity index (χ0v) is 17.4. The van der Waals surface area contributed by atoms with E-state index in [4.69, 9.17) is 4.74 Å². The Balaban J connectivity index is 2.83. The van der Waals surface area contributed by atoms with Crippen LogP contribution >= 0.6 is 0 Å². The van der Waals surface area contributed by atoms with Crippen molar-refractivity contribution in [3.8, 4) is 0 Å². The van der Waals surface area contributed by atoms with E-state index in [-0.39, 0.29) is 29.8 Å². The quantitative estimate of drug-likeness (QED) is 0.588. The summed E-state index contributed by atoms with van der Waals surface area (Å²) in [7, 11) is 1.66. The van der Waals surface area contributed by atoms with E-state index in [0.717, 1.165) is 32.2 Å². The number of ketones is 1. The van der Waals surface area contributed by atoms with Crippen molar-refractivity contribution in [3.05, 3.63) is 0 Å². The molecule has 0 spiro atoms. The summed E-state index contributed by atoms with van der Waals surface area (Å²) in [6, 6.07) is 0.0350. The van der Waals surface area contributed by atoms with Gasteiger partial charge in [0.05, 0.1) is 12.1 Å². The molecule has 0 saturated carbocycles.